The van der Waals surface area contributed by atoms with Gasteiger partial charge in [0.05, 0.1) is 22.2 Å². The highest BCUT2D eigenvalue weighted by Crippen LogP contribution is 2.24. The molecule has 13 heteroatoms. The summed E-state index contributed by atoms with van der Waals surface area (Å²) in [5, 5.41) is 22.8. The Morgan fingerprint density at radius 3 is 2.42 bits per heavy atom. The van der Waals surface area contributed by atoms with Gasteiger partial charge in [-0.3, -0.25) is 19.4 Å². The molecule has 1 atom stereocenters. The summed E-state index contributed by atoms with van der Waals surface area (Å²) in [6.45, 7) is 0.694. The number of carbonyl (C=O) groups excluding carboxylic acids is 3. The molecule has 190 valence electrons. The first-order valence-corrected chi connectivity index (χ1v) is 11.7. The summed E-state index contributed by atoms with van der Waals surface area (Å²) in [6, 6.07) is 9.63. The van der Waals surface area contributed by atoms with E-state index in [9.17, 15) is 24.3 Å². The normalized spacial score (nSPS) is 13.4. The van der Waals surface area contributed by atoms with Crippen molar-refractivity contribution >= 4 is 58.5 Å². The monoisotopic (exact) mass is 534 g/mol. The first-order valence-electron chi connectivity index (χ1n) is 10.9. The molecular weight excluding hydrogens is 511 g/mol. The van der Waals surface area contributed by atoms with Crippen LogP contribution in [0.3, 0.4) is 0 Å². The van der Waals surface area contributed by atoms with E-state index in [0.29, 0.717) is 23.8 Å². The summed E-state index contributed by atoms with van der Waals surface area (Å²) >= 11 is 12.0. The highest BCUT2D eigenvalue weighted by molar-refractivity contribution is 6.39. The van der Waals surface area contributed by atoms with Gasteiger partial charge in [0, 0.05) is 30.9 Å². The van der Waals surface area contributed by atoms with Gasteiger partial charge in [0.15, 0.2) is 5.96 Å². The molecule has 1 aliphatic rings. The van der Waals surface area contributed by atoms with Crippen molar-refractivity contribution in [3.63, 3.8) is 0 Å². The molecule has 3 amide bonds. The average molecular weight is 535 g/mol. The number of aliphatic carboxylic acids is 1. The van der Waals surface area contributed by atoms with Crippen LogP contribution in [0.25, 0.3) is 0 Å². The van der Waals surface area contributed by atoms with Gasteiger partial charge in [-0.15, -0.1) is 0 Å². The first kappa shape index (κ1) is 26.8. The molecule has 0 fully saturated rings. The third-order valence-electron chi connectivity index (χ3n) is 4.99. The fourth-order valence-electron chi connectivity index (χ4n) is 3.18. The number of carboxylic acid groups (broad SMARTS) is 1. The van der Waals surface area contributed by atoms with Crippen LogP contribution in [0.15, 0.2) is 47.5 Å². The fraction of sp³-hybridized carbons (Fsp3) is 0.261. The highest BCUT2D eigenvalue weighted by atomic mass is 35.5. The molecule has 36 heavy (non-hydrogen) atoms. The van der Waals surface area contributed by atoms with Crippen LogP contribution in [-0.4, -0.2) is 67.0 Å². The number of amides is 3. The highest BCUT2D eigenvalue weighted by Gasteiger charge is 2.24. The van der Waals surface area contributed by atoms with Gasteiger partial charge in [-0.2, -0.15) is 0 Å². The van der Waals surface area contributed by atoms with Crippen molar-refractivity contribution in [1.82, 2.24) is 21.3 Å². The number of carbonyl (C=O) groups is 4. The van der Waals surface area contributed by atoms with E-state index in [-0.39, 0.29) is 15.6 Å². The Bertz CT molecular complexity index is 1170. The van der Waals surface area contributed by atoms with Gasteiger partial charge >= 0.3 is 5.97 Å². The van der Waals surface area contributed by atoms with Crippen molar-refractivity contribution in [2.45, 2.75) is 12.5 Å². The molecule has 1 aliphatic heterocycles. The molecule has 0 bridgehead atoms. The van der Waals surface area contributed by atoms with Crippen molar-refractivity contribution in [1.29, 1.82) is 0 Å². The van der Waals surface area contributed by atoms with Crippen molar-refractivity contribution in [2.24, 2.45) is 4.99 Å². The maximum atomic E-state index is 12.5. The lowest BCUT2D eigenvalue weighted by atomic mass is 10.2. The maximum Gasteiger partial charge on any atom is 0.328 e. The third-order valence-corrected chi connectivity index (χ3v) is 5.62. The molecule has 2 aromatic rings. The predicted octanol–water partition coefficient (Wildman–Crippen LogP) is 1.48. The smallest absolute Gasteiger partial charge is 0.328 e. The van der Waals surface area contributed by atoms with Gasteiger partial charge < -0.3 is 31.7 Å². The number of nitrogens with one attached hydrogen (secondary N) is 5. The Hall–Kier alpha value is -3.83. The van der Waals surface area contributed by atoms with Crippen LogP contribution in [0.1, 0.15) is 27.1 Å². The minimum atomic E-state index is -1.46. The lowest BCUT2D eigenvalue weighted by Crippen LogP contribution is -2.50. The van der Waals surface area contributed by atoms with Gasteiger partial charge in [-0.25, -0.2) is 4.79 Å². The number of anilines is 1. The summed E-state index contributed by atoms with van der Waals surface area (Å²) in [6.07, 6.45) is 0.949. The van der Waals surface area contributed by atoms with E-state index in [2.05, 4.69) is 31.6 Å². The third kappa shape index (κ3) is 7.59. The van der Waals surface area contributed by atoms with E-state index in [4.69, 9.17) is 23.2 Å². The van der Waals surface area contributed by atoms with E-state index in [0.717, 1.165) is 13.0 Å². The Kier molecular flexibility index (Phi) is 9.48. The largest absolute Gasteiger partial charge is 0.480 e. The number of hydrogen-bond acceptors (Lipinski definition) is 7. The lowest BCUT2D eigenvalue weighted by Gasteiger charge is -2.17. The quantitative estimate of drug-likeness (QED) is 0.284. The minimum absolute atomic E-state index is 0.0538. The molecule has 11 nitrogen and oxygen atoms in total. The number of rotatable bonds is 9. The molecule has 0 saturated heterocycles. The topological polar surface area (TPSA) is 161 Å². The Morgan fingerprint density at radius 1 is 1.03 bits per heavy atom. The molecule has 0 aromatic heterocycles. The zero-order valence-corrected chi connectivity index (χ0v) is 20.4. The molecule has 1 unspecified atom stereocenters. The van der Waals surface area contributed by atoms with E-state index in [1.807, 2.05) is 0 Å². The second-order valence-electron chi connectivity index (χ2n) is 7.66. The molecule has 0 spiro atoms. The van der Waals surface area contributed by atoms with Crippen molar-refractivity contribution < 1.29 is 24.3 Å². The number of benzene rings is 2. The molecule has 6 N–H and O–H groups in total. The van der Waals surface area contributed by atoms with Crippen molar-refractivity contribution in [2.75, 3.05) is 31.5 Å². The van der Waals surface area contributed by atoms with E-state index < -0.39 is 42.8 Å². The van der Waals surface area contributed by atoms with Gasteiger partial charge in [-0.05, 0) is 36.8 Å². The Labute approximate surface area is 216 Å². The molecule has 0 saturated carbocycles. The molecular formula is C23H24Cl2N6O5. The standard InChI is InChI=1S/C23H24Cl2N6O5/c24-15-6-2-7-16(25)19(15)21(34)31-17(22(35)36)11-28-18(32)12-29-20(33)13-4-1-5-14(10-13)30-23-26-8-3-9-27-23/h1-2,4-7,10,17H,3,8-9,11-12H2,(H,28,32)(H,29,33)(H,31,34)(H,35,36)(H2,26,27,30). The summed E-state index contributed by atoms with van der Waals surface area (Å²) < 4.78 is 0. The predicted molar refractivity (Wildman–Crippen MR) is 136 cm³/mol. The fourth-order valence-corrected chi connectivity index (χ4v) is 3.75. The second kappa shape index (κ2) is 12.8. The van der Waals surface area contributed by atoms with Crippen LogP contribution < -0.4 is 26.6 Å². The van der Waals surface area contributed by atoms with Crippen LogP contribution in [0.4, 0.5) is 5.69 Å². The molecule has 3 rings (SSSR count). The van der Waals surface area contributed by atoms with Crippen molar-refractivity contribution in [3.8, 4) is 0 Å². The first-order chi connectivity index (χ1) is 17.2. The maximum absolute atomic E-state index is 12.5. The molecule has 0 radical (unpaired) electrons. The van der Waals surface area contributed by atoms with Crippen LogP contribution in [0.2, 0.25) is 10.0 Å². The number of hydrogen-bond donors (Lipinski definition) is 6. The van der Waals surface area contributed by atoms with Gasteiger partial charge in [0.2, 0.25) is 5.91 Å². The van der Waals surface area contributed by atoms with Crippen LogP contribution in [0, 0.1) is 0 Å². The Morgan fingerprint density at radius 2 is 1.75 bits per heavy atom. The van der Waals surface area contributed by atoms with Crippen LogP contribution in [-0.2, 0) is 9.59 Å². The zero-order valence-electron chi connectivity index (χ0n) is 18.9. The number of carboxylic acids is 1. The van der Waals surface area contributed by atoms with Gasteiger partial charge in [0.1, 0.15) is 6.04 Å². The van der Waals surface area contributed by atoms with Crippen LogP contribution in [0.5, 0.6) is 0 Å². The van der Waals surface area contributed by atoms with Crippen LogP contribution >= 0.6 is 23.2 Å². The summed E-state index contributed by atoms with van der Waals surface area (Å²) in [5.74, 6) is -2.70. The number of aliphatic imine (C=N–C) groups is 1. The SMILES string of the molecule is O=C(CNC(=O)c1cccc(NC2=NCCCN2)c1)NCC(NC(=O)c1c(Cl)cccc1Cl)C(=O)O. The molecule has 0 aliphatic carbocycles. The zero-order chi connectivity index (χ0) is 26.1. The number of guanidine groups is 1. The van der Waals surface area contributed by atoms with Crippen molar-refractivity contribution in [3.05, 3.63) is 63.6 Å². The summed E-state index contributed by atoms with van der Waals surface area (Å²) in [7, 11) is 0. The number of nitrogens with zero attached hydrogens (tertiary/aromatic N) is 1. The second-order valence-corrected chi connectivity index (χ2v) is 8.48. The minimum Gasteiger partial charge on any atom is -0.480 e. The van der Waals surface area contributed by atoms with E-state index in [1.165, 1.54) is 12.1 Å². The lowest BCUT2D eigenvalue weighted by molar-refractivity contribution is -0.139. The average Bonchev–Trinajstić information content (AvgIpc) is 2.85. The molecule has 1 heterocycles. The van der Waals surface area contributed by atoms with Gasteiger partial charge in [0.25, 0.3) is 11.8 Å². The number of halogens is 2. The summed E-state index contributed by atoms with van der Waals surface area (Å²) in [4.78, 5) is 53.0. The molecule has 2 aromatic carbocycles. The summed E-state index contributed by atoms with van der Waals surface area (Å²) in [5.41, 5.74) is 0.893. The van der Waals surface area contributed by atoms with E-state index in [1.54, 1.807) is 30.3 Å². The van der Waals surface area contributed by atoms with Gasteiger partial charge in [-0.1, -0.05) is 35.3 Å². The van der Waals surface area contributed by atoms with E-state index >= 15 is 0 Å². The Balaban J connectivity index is 1.50.